The number of carbonyl (C=O) groups is 1. The van der Waals surface area contributed by atoms with Gasteiger partial charge >= 0.3 is 5.97 Å². The van der Waals surface area contributed by atoms with Gasteiger partial charge in [0.2, 0.25) is 0 Å². The molecule has 2 aliphatic heterocycles. The molecule has 1 aromatic carbocycles. The average molecular weight is 516 g/mol. The smallest absolute Gasteiger partial charge is 0.331 e. The molecule has 37 heavy (non-hydrogen) atoms. The standard InChI is InChI=1S/C29H41NO7/c1-20(2)8-10-24-28(3,37-24)27-26(33-4)23(12-13-29(27)19-35-29)36-25(32)11-9-21-6-5-7-22(18-21)30-14-16-34-17-15-31/h5-9,11,18,23-24,26-27,30-31H,10,12-17,19H2,1-4H3/b11-9+/t23-,24+,26-,27-,28-,29+/m1/s1. The summed E-state index contributed by atoms with van der Waals surface area (Å²) in [5.74, 6) is -0.391. The fourth-order valence-corrected chi connectivity index (χ4v) is 5.61. The zero-order valence-corrected chi connectivity index (χ0v) is 22.4. The van der Waals surface area contributed by atoms with Crippen LogP contribution in [-0.4, -0.2) is 80.7 Å². The molecule has 2 N–H and O–H groups in total. The highest BCUT2D eigenvalue weighted by Gasteiger charge is 2.72. The Bertz CT molecular complexity index is 984. The average Bonchev–Trinajstić information content (AvgIpc) is 3.79. The van der Waals surface area contributed by atoms with Crippen LogP contribution in [0.15, 0.2) is 42.0 Å². The van der Waals surface area contributed by atoms with Crippen LogP contribution in [-0.2, 0) is 28.5 Å². The number of aliphatic hydroxyl groups excluding tert-OH is 1. The van der Waals surface area contributed by atoms with Crippen LogP contribution in [0, 0.1) is 5.92 Å². The molecule has 3 fully saturated rings. The predicted octanol–water partition coefficient (Wildman–Crippen LogP) is 3.74. The maximum atomic E-state index is 12.8. The number of ether oxygens (including phenoxy) is 5. The van der Waals surface area contributed by atoms with Crippen LogP contribution in [0.3, 0.4) is 0 Å². The Hall–Kier alpha value is -2.23. The van der Waals surface area contributed by atoms with Crippen LogP contribution in [0.1, 0.15) is 45.6 Å². The van der Waals surface area contributed by atoms with E-state index in [0.717, 1.165) is 24.1 Å². The fraction of sp³-hybridized carbons (Fsp3) is 0.621. The normalized spacial score (nSPS) is 32.4. The monoisotopic (exact) mass is 515 g/mol. The Morgan fingerprint density at radius 2 is 2.11 bits per heavy atom. The van der Waals surface area contributed by atoms with Crippen molar-refractivity contribution in [2.75, 3.05) is 45.4 Å². The molecule has 0 aromatic heterocycles. The maximum absolute atomic E-state index is 12.8. The highest BCUT2D eigenvalue weighted by atomic mass is 16.6. The van der Waals surface area contributed by atoms with Crippen LogP contribution in [0.4, 0.5) is 5.69 Å². The molecule has 4 rings (SSSR count). The third-order valence-corrected chi connectivity index (χ3v) is 7.61. The number of allylic oxidation sites excluding steroid dienone is 1. The van der Waals surface area contributed by atoms with Crippen molar-refractivity contribution in [3.8, 4) is 0 Å². The summed E-state index contributed by atoms with van der Waals surface area (Å²) in [5.41, 5.74) is 2.47. The number of epoxide rings is 2. The number of hydrogen-bond donors (Lipinski definition) is 2. The van der Waals surface area contributed by atoms with E-state index in [0.29, 0.717) is 32.8 Å². The summed E-state index contributed by atoms with van der Waals surface area (Å²) < 4.78 is 29.4. The number of anilines is 1. The zero-order chi connectivity index (χ0) is 26.5. The lowest BCUT2D eigenvalue weighted by Gasteiger charge is -2.42. The quantitative estimate of drug-likeness (QED) is 0.135. The van der Waals surface area contributed by atoms with Crippen molar-refractivity contribution in [2.45, 2.75) is 69.5 Å². The van der Waals surface area contributed by atoms with Crippen molar-refractivity contribution in [2.24, 2.45) is 5.92 Å². The number of methoxy groups -OCH3 is 1. The summed E-state index contributed by atoms with van der Waals surface area (Å²) in [6.45, 7) is 8.49. The molecule has 1 saturated carbocycles. The number of nitrogens with one attached hydrogen (secondary N) is 1. The Balaban J connectivity index is 1.35. The van der Waals surface area contributed by atoms with Gasteiger partial charge in [-0.15, -0.1) is 0 Å². The topological polar surface area (TPSA) is 102 Å². The minimum absolute atomic E-state index is 0.000190. The van der Waals surface area contributed by atoms with Gasteiger partial charge in [0.25, 0.3) is 0 Å². The molecule has 0 amide bonds. The molecule has 1 spiro atoms. The van der Waals surface area contributed by atoms with Gasteiger partial charge in [-0.1, -0.05) is 23.8 Å². The van der Waals surface area contributed by atoms with E-state index in [-0.39, 0.29) is 42.0 Å². The van der Waals surface area contributed by atoms with Crippen molar-refractivity contribution in [1.82, 2.24) is 0 Å². The summed E-state index contributed by atoms with van der Waals surface area (Å²) in [5, 5.41) is 12.0. The second kappa shape index (κ2) is 12.1. The first-order chi connectivity index (χ1) is 17.8. The van der Waals surface area contributed by atoms with Gasteiger partial charge in [0.15, 0.2) is 0 Å². The van der Waals surface area contributed by atoms with Crippen LogP contribution < -0.4 is 5.32 Å². The van der Waals surface area contributed by atoms with Gasteiger partial charge < -0.3 is 34.1 Å². The summed E-state index contributed by atoms with van der Waals surface area (Å²) in [6.07, 6.45) is 7.26. The second-order valence-electron chi connectivity index (χ2n) is 10.6. The van der Waals surface area contributed by atoms with Crippen molar-refractivity contribution in [3.63, 3.8) is 0 Å². The first-order valence-corrected chi connectivity index (χ1v) is 13.2. The van der Waals surface area contributed by atoms with E-state index in [1.165, 1.54) is 11.6 Å². The van der Waals surface area contributed by atoms with E-state index in [2.05, 4.69) is 32.2 Å². The highest BCUT2D eigenvalue weighted by molar-refractivity contribution is 5.87. The van der Waals surface area contributed by atoms with Crippen LogP contribution in [0.5, 0.6) is 0 Å². The minimum Gasteiger partial charge on any atom is -0.456 e. The van der Waals surface area contributed by atoms with E-state index in [4.69, 9.17) is 28.8 Å². The molecular weight excluding hydrogens is 474 g/mol. The molecule has 0 radical (unpaired) electrons. The van der Waals surface area contributed by atoms with Gasteiger partial charge in [0, 0.05) is 25.4 Å². The minimum atomic E-state index is -0.391. The highest BCUT2D eigenvalue weighted by Crippen LogP contribution is 2.59. The summed E-state index contributed by atoms with van der Waals surface area (Å²) in [4.78, 5) is 12.8. The molecule has 6 atom stereocenters. The number of hydrogen-bond acceptors (Lipinski definition) is 8. The van der Waals surface area contributed by atoms with Crippen molar-refractivity contribution >= 4 is 17.7 Å². The number of benzene rings is 1. The SMILES string of the molecule is CO[C@@H]1[C@H](OC(=O)/C=C/c2cccc(NCCOCCO)c2)CC[C@]2(CO2)[C@H]1[C@]1(C)O[C@H]1CC=C(C)C. The predicted molar refractivity (Wildman–Crippen MR) is 141 cm³/mol. The lowest BCUT2D eigenvalue weighted by Crippen LogP contribution is -2.55. The van der Waals surface area contributed by atoms with Gasteiger partial charge in [-0.25, -0.2) is 4.79 Å². The Labute approximate surface area is 220 Å². The molecule has 8 heteroatoms. The summed E-state index contributed by atoms with van der Waals surface area (Å²) >= 11 is 0. The van der Waals surface area contributed by atoms with Gasteiger partial charge in [-0.3, -0.25) is 0 Å². The second-order valence-corrected chi connectivity index (χ2v) is 10.6. The molecule has 1 aliphatic carbocycles. The first-order valence-electron chi connectivity index (χ1n) is 13.2. The zero-order valence-electron chi connectivity index (χ0n) is 22.4. The third kappa shape index (κ3) is 6.81. The molecule has 3 aliphatic rings. The largest absolute Gasteiger partial charge is 0.456 e. The molecule has 2 heterocycles. The van der Waals surface area contributed by atoms with Crippen LogP contribution in [0.25, 0.3) is 6.08 Å². The first kappa shape index (κ1) is 27.8. The fourth-order valence-electron chi connectivity index (χ4n) is 5.61. The molecule has 8 nitrogen and oxygen atoms in total. The van der Waals surface area contributed by atoms with Gasteiger partial charge in [0.1, 0.15) is 23.4 Å². The number of esters is 1. The van der Waals surface area contributed by atoms with Crippen LogP contribution in [0.2, 0.25) is 0 Å². The Kier molecular flexibility index (Phi) is 9.08. The number of rotatable bonds is 13. The van der Waals surface area contributed by atoms with Crippen molar-refractivity contribution in [3.05, 3.63) is 47.6 Å². The lowest BCUT2D eigenvalue weighted by molar-refractivity contribution is -0.166. The number of carbonyl (C=O) groups excluding carboxylic acids is 1. The van der Waals surface area contributed by atoms with E-state index in [1.54, 1.807) is 13.2 Å². The van der Waals surface area contributed by atoms with Crippen molar-refractivity contribution in [1.29, 1.82) is 0 Å². The molecule has 204 valence electrons. The maximum Gasteiger partial charge on any atom is 0.331 e. The van der Waals surface area contributed by atoms with Crippen LogP contribution >= 0.6 is 0 Å². The van der Waals surface area contributed by atoms with E-state index in [1.807, 2.05) is 24.3 Å². The third-order valence-electron chi connectivity index (χ3n) is 7.61. The Morgan fingerprint density at radius 1 is 1.30 bits per heavy atom. The molecular formula is C29H41NO7. The Morgan fingerprint density at radius 3 is 2.81 bits per heavy atom. The van der Waals surface area contributed by atoms with Gasteiger partial charge in [0.05, 0.1) is 38.4 Å². The molecule has 2 saturated heterocycles. The lowest BCUT2D eigenvalue weighted by atomic mass is 9.68. The van der Waals surface area contributed by atoms with E-state index >= 15 is 0 Å². The summed E-state index contributed by atoms with van der Waals surface area (Å²) in [6, 6.07) is 7.76. The molecule has 0 unspecified atom stereocenters. The molecule has 0 bridgehead atoms. The van der Waals surface area contributed by atoms with Crippen molar-refractivity contribution < 1.29 is 33.6 Å². The van der Waals surface area contributed by atoms with Gasteiger partial charge in [-0.2, -0.15) is 0 Å². The van der Waals surface area contributed by atoms with E-state index in [9.17, 15) is 4.79 Å². The molecule has 1 aromatic rings. The van der Waals surface area contributed by atoms with Gasteiger partial charge in [-0.05, 0) is 63.8 Å². The number of aliphatic hydroxyl groups is 1. The van der Waals surface area contributed by atoms with E-state index < -0.39 is 5.97 Å². The summed E-state index contributed by atoms with van der Waals surface area (Å²) in [7, 11) is 1.68.